The van der Waals surface area contributed by atoms with Crippen LogP contribution in [0.4, 0.5) is 11.8 Å². The summed E-state index contributed by atoms with van der Waals surface area (Å²) < 4.78 is 7.31. The van der Waals surface area contributed by atoms with Crippen LogP contribution in [-0.4, -0.2) is 61.9 Å². The Balaban J connectivity index is 1.62. The normalized spacial score (nSPS) is 15.3. The fourth-order valence-corrected chi connectivity index (χ4v) is 3.00. The predicted octanol–water partition coefficient (Wildman–Crippen LogP) is 1.18. The highest BCUT2D eigenvalue weighted by Crippen LogP contribution is 2.22. The number of fused-ring (bicyclic) bond motifs is 1. The third-order valence-corrected chi connectivity index (χ3v) is 4.30. The second-order valence-corrected chi connectivity index (χ2v) is 6.06. The predicted molar refractivity (Wildman–Crippen MR) is 97.1 cm³/mol. The first-order valence-corrected chi connectivity index (χ1v) is 8.69. The van der Waals surface area contributed by atoms with E-state index in [9.17, 15) is 0 Å². The van der Waals surface area contributed by atoms with Crippen molar-refractivity contribution in [2.75, 3.05) is 37.0 Å². The molecule has 0 bridgehead atoms. The van der Waals surface area contributed by atoms with Crippen molar-refractivity contribution >= 4 is 17.4 Å². The zero-order valence-electron chi connectivity index (χ0n) is 14.3. The highest BCUT2D eigenvalue weighted by Gasteiger charge is 2.16. The molecule has 0 spiro atoms. The molecule has 1 aliphatic rings. The molecule has 136 valence electrons. The molecule has 0 saturated carbocycles. The summed E-state index contributed by atoms with van der Waals surface area (Å²) in [6, 6.07) is 2.19. The lowest BCUT2D eigenvalue weighted by Crippen LogP contribution is -2.28. The minimum atomic E-state index is 0.0312. The van der Waals surface area contributed by atoms with Gasteiger partial charge in [0, 0.05) is 44.4 Å². The van der Waals surface area contributed by atoms with Gasteiger partial charge >= 0.3 is 0 Å². The Morgan fingerprint density at radius 2 is 2.08 bits per heavy atom. The summed E-state index contributed by atoms with van der Waals surface area (Å²) in [6.45, 7) is 1.98. The third-order valence-electron chi connectivity index (χ3n) is 4.30. The van der Waals surface area contributed by atoms with Crippen molar-refractivity contribution in [3.05, 3.63) is 30.9 Å². The Labute approximate surface area is 150 Å². The number of nitrogens with zero attached hydrogens (tertiary/aromatic N) is 5. The zero-order chi connectivity index (χ0) is 17.8. The Morgan fingerprint density at radius 1 is 1.19 bits per heavy atom. The quantitative estimate of drug-likeness (QED) is 0.605. The topological polar surface area (TPSA) is 109 Å². The number of aliphatic hydroxyl groups excluding tert-OH is 1. The van der Waals surface area contributed by atoms with Crippen LogP contribution in [0.2, 0.25) is 0 Å². The van der Waals surface area contributed by atoms with Gasteiger partial charge in [-0.1, -0.05) is 0 Å². The Hall–Kier alpha value is -2.78. The van der Waals surface area contributed by atoms with Crippen LogP contribution >= 0.6 is 0 Å². The van der Waals surface area contributed by atoms with Gasteiger partial charge in [0.15, 0.2) is 11.5 Å². The summed E-state index contributed by atoms with van der Waals surface area (Å²) >= 11 is 0. The number of anilines is 2. The molecule has 9 nitrogen and oxygen atoms in total. The fraction of sp³-hybridized carbons (Fsp3) is 0.412. The molecule has 3 aromatic heterocycles. The van der Waals surface area contributed by atoms with Gasteiger partial charge in [-0.25, -0.2) is 19.9 Å². The monoisotopic (exact) mass is 355 g/mol. The maximum Gasteiger partial charge on any atom is 0.223 e. The van der Waals surface area contributed by atoms with Gasteiger partial charge in [0.25, 0.3) is 0 Å². The molecule has 9 heteroatoms. The zero-order valence-corrected chi connectivity index (χ0v) is 14.3. The number of rotatable bonds is 6. The van der Waals surface area contributed by atoms with Crippen LogP contribution < -0.4 is 10.6 Å². The second-order valence-electron chi connectivity index (χ2n) is 6.06. The van der Waals surface area contributed by atoms with E-state index in [0.29, 0.717) is 30.0 Å². The van der Waals surface area contributed by atoms with Gasteiger partial charge < -0.3 is 20.5 Å². The molecule has 0 unspecified atom stereocenters. The molecule has 3 aromatic rings. The lowest BCUT2D eigenvalue weighted by atomic mass is 10.1. The first kappa shape index (κ1) is 16.7. The SMILES string of the molecule is OCCNc1nccn2c(-c3ccnc(NC4CCOCC4)n3)cnc12. The van der Waals surface area contributed by atoms with Crippen LogP contribution in [0.3, 0.4) is 0 Å². The van der Waals surface area contributed by atoms with Gasteiger partial charge in [0.2, 0.25) is 5.95 Å². The fourth-order valence-electron chi connectivity index (χ4n) is 3.00. The van der Waals surface area contributed by atoms with E-state index in [4.69, 9.17) is 9.84 Å². The number of aromatic nitrogens is 5. The molecule has 3 N–H and O–H groups in total. The molecule has 1 aliphatic heterocycles. The van der Waals surface area contributed by atoms with Gasteiger partial charge in [-0.2, -0.15) is 0 Å². The second kappa shape index (κ2) is 7.63. The Kier molecular flexibility index (Phi) is 4.89. The average Bonchev–Trinajstić information content (AvgIpc) is 3.12. The van der Waals surface area contributed by atoms with E-state index < -0.39 is 0 Å². The number of ether oxygens (including phenoxy) is 1. The highest BCUT2D eigenvalue weighted by molar-refractivity contribution is 5.69. The number of hydrogen-bond donors (Lipinski definition) is 3. The van der Waals surface area contributed by atoms with E-state index in [1.165, 1.54) is 0 Å². The van der Waals surface area contributed by atoms with Crippen molar-refractivity contribution in [2.24, 2.45) is 0 Å². The molecule has 0 amide bonds. The third kappa shape index (κ3) is 3.44. The van der Waals surface area contributed by atoms with Crippen LogP contribution in [0.5, 0.6) is 0 Å². The number of nitrogens with one attached hydrogen (secondary N) is 2. The van der Waals surface area contributed by atoms with Crippen molar-refractivity contribution in [3.8, 4) is 11.4 Å². The van der Waals surface area contributed by atoms with Crippen molar-refractivity contribution < 1.29 is 9.84 Å². The molecule has 1 fully saturated rings. The van der Waals surface area contributed by atoms with Gasteiger partial charge in [-0.3, -0.25) is 4.40 Å². The van der Waals surface area contributed by atoms with Gasteiger partial charge in [0.05, 0.1) is 24.2 Å². The summed E-state index contributed by atoms with van der Waals surface area (Å²) in [7, 11) is 0. The van der Waals surface area contributed by atoms with E-state index in [1.54, 1.807) is 18.6 Å². The first-order chi connectivity index (χ1) is 12.8. The summed E-state index contributed by atoms with van der Waals surface area (Å²) in [6.07, 6.45) is 8.95. The van der Waals surface area contributed by atoms with E-state index in [1.807, 2.05) is 16.7 Å². The summed E-state index contributed by atoms with van der Waals surface area (Å²) in [5.74, 6) is 1.24. The number of aliphatic hydroxyl groups is 1. The lowest BCUT2D eigenvalue weighted by molar-refractivity contribution is 0.0903. The van der Waals surface area contributed by atoms with Crippen LogP contribution in [-0.2, 0) is 4.74 Å². The molecular weight excluding hydrogens is 334 g/mol. The van der Waals surface area contributed by atoms with Crippen LogP contribution in [0.15, 0.2) is 30.9 Å². The smallest absolute Gasteiger partial charge is 0.223 e. The highest BCUT2D eigenvalue weighted by atomic mass is 16.5. The number of hydrogen-bond acceptors (Lipinski definition) is 8. The summed E-state index contributed by atoms with van der Waals surface area (Å²) in [4.78, 5) is 17.7. The maximum atomic E-state index is 9.00. The molecule has 0 aliphatic carbocycles. The lowest BCUT2D eigenvalue weighted by Gasteiger charge is -2.23. The Morgan fingerprint density at radius 3 is 2.92 bits per heavy atom. The van der Waals surface area contributed by atoms with E-state index in [-0.39, 0.29) is 6.61 Å². The minimum absolute atomic E-state index is 0.0312. The standard InChI is InChI=1S/C17H21N7O2/c25-8-6-19-15-16-21-11-14(24(16)7-5-18-15)13-1-4-20-17(23-13)22-12-2-9-26-10-3-12/h1,4-5,7,11-12,25H,2-3,6,8-10H2,(H,18,19)(H,20,22,23). The van der Waals surface area contributed by atoms with Crippen LogP contribution in [0, 0.1) is 0 Å². The summed E-state index contributed by atoms with van der Waals surface area (Å²) in [5, 5.41) is 15.5. The van der Waals surface area contributed by atoms with E-state index in [2.05, 4.69) is 30.6 Å². The van der Waals surface area contributed by atoms with E-state index >= 15 is 0 Å². The molecule has 4 rings (SSSR count). The minimum Gasteiger partial charge on any atom is -0.395 e. The Bertz CT molecular complexity index is 876. The largest absolute Gasteiger partial charge is 0.395 e. The van der Waals surface area contributed by atoms with Gasteiger partial charge in [0.1, 0.15) is 0 Å². The molecule has 0 radical (unpaired) electrons. The molecular formula is C17H21N7O2. The van der Waals surface area contributed by atoms with Crippen molar-refractivity contribution in [2.45, 2.75) is 18.9 Å². The molecule has 1 saturated heterocycles. The van der Waals surface area contributed by atoms with Crippen LogP contribution in [0.1, 0.15) is 12.8 Å². The molecule has 0 atom stereocenters. The van der Waals surface area contributed by atoms with Gasteiger partial charge in [-0.05, 0) is 18.9 Å². The van der Waals surface area contributed by atoms with Crippen molar-refractivity contribution in [3.63, 3.8) is 0 Å². The van der Waals surface area contributed by atoms with Crippen molar-refractivity contribution in [1.82, 2.24) is 24.3 Å². The summed E-state index contributed by atoms with van der Waals surface area (Å²) in [5.41, 5.74) is 2.32. The maximum absolute atomic E-state index is 9.00. The number of imidazole rings is 1. The molecule has 4 heterocycles. The molecule has 26 heavy (non-hydrogen) atoms. The molecule has 0 aromatic carbocycles. The van der Waals surface area contributed by atoms with Crippen molar-refractivity contribution in [1.29, 1.82) is 0 Å². The average molecular weight is 355 g/mol. The van der Waals surface area contributed by atoms with E-state index in [0.717, 1.165) is 37.4 Å². The first-order valence-electron chi connectivity index (χ1n) is 8.69. The van der Waals surface area contributed by atoms with Gasteiger partial charge in [-0.15, -0.1) is 0 Å². The van der Waals surface area contributed by atoms with Crippen LogP contribution in [0.25, 0.3) is 17.0 Å².